The van der Waals surface area contributed by atoms with Crippen LogP contribution in [-0.4, -0.2) is 15.7 Å². The molecule has 0 unspecified atom stereocenters. The third-order valence-electron chi connectivity index (χ3n) is 5.25. The molecular weight excluding hydrogens is 366 g/mol. The fraction of sp³-hybridized carbons (Fsp3) is 0.385. The topological polar surface area (TPSA) is 0 Å². The van der Waals surface area contributed by atoms with E-state index in [9.17, 15) is 0 Å². The van der Waals surface area contributed by atoms with Crippen molar-refractivity contribution in [3.05, 3.63) is 81.2 Å². The van der Waals surface area contributed by atoms with E-state index in [4.69, 9.17) is 15.7 Å². The molecule has 0 saturated carbocycles. The lowest BCUT2D eigenvalue weighted by atomic mass is 9.80. The predicted molar refractivity (Wildman–Crippen MR) is 134 cm³/mol. The van der Waals surface area contributed by atoms with Gasteiger partial charge in [-0.1, -0.05) is 70.2 Å². The zero-order valence-corrected chi connectivity index (χ0v) is 19.2. The second-order valence-corrected chi connectivity index (χ2v) is 8.02. The first-order valence-electron chi connectivity index (χ1n) is 11.0. The summed E-state index contributed by atoms with van der Waals surface area (Å²) in [5.41, 5.74) is 8.34. The van der Waals surface area contributed by atoms with Crippen LogP contribution in [0.4, 0.5) is 0 Å². The van der Waals surface area contributed by atoms with Crippen LogP contribution in [0.1, 0.15) is 71.1 Å². The summed E-state index contributed by atoms with van der Waals surface area (Å²) in [6, 6.07) is 4.14. The highest BCUT2D eigenvalue weighted by Crippen LogP contribution is 2.36. The van der Waals surface area contributed by atoms with Gasteiger partial charge >= 0.3 is 0 Å². The quantitative estimate of drug-likeness (QED) is 0.476. The number of hydrogen-bond acceptors (Lipinski definition) is 1. The highest BCUT2D eigenvalue weighted by molar-refractivity contribution is 7.20. The third kappa shape index (κ3) is 6.37. The molecule has 3 heteroatoms. The number of thiophene rings is 1. The fourth-order valence-electron chi connectivity index (χ4n) is 3.73. The monoisotopic (exact) mass is 398 g/mol. The van der Waals surface area contributed by atoms with Crippen LogP contribution in [0, 0.1) is 0 Å². The van der Waals surface area contributed by atoms with Crippen molar-refractivity contribution in [2.75, 3.05) is 0 Å². The molecule has 0 amide bonds. The van der Waals surface area contributed by atoms with Gasteiger partial charge in [0.1, 0.15) is 15.7 Å². The minimum absolute atomic E-state index is 0.895. The van der Waals surface area contributed by atoms with Crippen LogP contribution in [0.15, 0.2) is 76.4 Å². The Hall–Kier alpha value is -1.73. The maximum absolute atomic E-state index is 5.87. The van der Waals surface area contributed by atoms with Gasteiger partial charge in [0.2, 0.25) is 0 Å². The molecule has 0 aliphatic heterocycles. The number of hydrogen-bond donors (Lipinski definition) is 0. The van der Waals surface area contributed by atoms with Crippen LogP contribution in [0.3, 0.4) is 0 Å². The van der Waals surface area contributed by atoms with Crippen molar-refractivity contribution in [3.8, 4) is 0 Å². The van der Waals surface area contributed by atoms with Crippen LogP contribution in [0.5, 0.6) is 0 Å². The number of rotatable bonds is 3. The zero-order valence-electron chi connectivity index (χ0n) is 18.4. The average Bonchev–Trinajstić information content (AvgIpc) is 3.24. The summed E-state index contributed by atoms with van der Waals surface area (Å²) in [6.45, 7) is 8.00. The first kappa shape index (κ1) is 23.5. The van der Waals surface area contributed by atoms with E-state index in [1.165, 1.54) is 32.7 Å². The van der Waals surface area contributed by atoms with Gasteiger partial charge in [0.25, 0.3) is 0 Å². The molecule has 0 fully saturated rings. The van der Waals surface area contributed by atoms with E-state index in [0.717, 1.165) is 48.8 Å². The minimum atomic E-state index is 0.895. The molecule has 0 atom stereocenters. The van der Waals surface area contributed by atoms with Gasteiger partial charge in [-0.3, -0.25) is 0 Å². The highest BCUT2D eigenvalue weighted by Gasteiger charge is 2.16. The molecule has 4 radical (unpaired) electrons. The third-order valence-corrected chi connectivity index (χ3v) is 6.24. The molecular formula is C26H32B2S. The number of allylic oxidation sites excluding steroid dienone is 12. The molecule has 0 spiro atoms. The maximum Gasteiger partial charge on any atom is 0.128 e. The molecule has 1 heterocycles. The van der Waals surface area contributed by atoms with E-state index in [1.54, 1.807) is 11.3 Å². The van der Waals surface area contributed by atoms with Crippen LogP contribution in [-0.2, 0) is 0 Å². The van der Waals surface area contributed by atoms with Crippen molar-refractivity contribution in [2.45, 2.75) is 66.2 Å². The smallest absolute Gasteiger partial charge is 0.128 e. The molecule has 0 bridgehead atoms. The molecule has 148 valence electrons. The minimum Gasteiger partial charge on any atom is -0.152 e. The second kappa shape index (κ2) is 12.1. The van der Waals surface area contributed by atoms with Crippen molar-refractivity contribution in [1.29, 1.82) is 0 Å². The standard InChI is InChI=1S/C22H20B2S.2C2H6/c23-20-11-9-18(10-12-20)16-3-1-15(2-4-16)17-5-7-19(8-6-17)21-13-14-22(24)25-21;2*1-2/h1,3,5,7,9,11,13-14H,2,4,6,8,10,12H2;2*1-2H3. The largest absolute Gasteiger partial charge is 0.152 e. The van der Waals surface area contributed by atoms with Crippen LogP contribution < -0.4 is 4.78 Å². The van der Waals surface area contributed by atoms with Crippen molar-refractivity contribution in [1.82, 2.24) is 0 Å². The molecule has 0 nitrogen and oxygen atoms in total. The normalized spacial score (nSPS) is 18.3. The van der Waals surface area contributed by atoms with E-state index in [-0.39, 0.29) is 0 Å². The highest BCUT2D eigenvalue weighted by atomic mass is 32.1. The van der Waals surface area contributed by atoms with E-state index in [2.05, 4.69) is 42.5 Å². The molecule has 0 N–H and O–H groups in total. The van der Waals surface area contributed by atoms with Gasteiger partial charge in [-0.05, 0) is 77.2 Å². The van der Waals surface area contributed by atoms with E-state index >= 15 is 0 Å². The Bertz CT molecular complexity index is 872. The summed E-state index contributed by atoms with van der Waals surface area (Å²) in [6.07, 6.45) is 20.1. The Balaban J connectivity index is 0.000000707. The van der Waals surface area contributed by atoms with Crippen molar-refractivity contribution < 1.29 is 0 Å². The molecule has 3 aliphatic rings. The van der Waals surface area contributed by atoms with Gasteiger partial charge < -0.3 is 0 Å². The van der Waals surface area contributed by atoms with Crippen LogP contribution in [0.25, 0.3) is 5.57 Å². The molecule has 4 rings (SSSR count). The van der Waals surface area contributed by atoms with E-state index in [1.807, 2.05) is 33.8 Å². The van der Waals surface area contributed by atoms with Gasteiger partial charge in [-0.2, -0.15) is 11.3 Å². The Morgan fingerprint density at radius 1 is 0.552 bits per heavy atom. The first-order valence-corrected chi connectivity index (χ1v) is 11.8. The molecule has 0 saturated heterocycles. The maximum atomic E-state index is 5.87. The Kier molecular flexibility index (Phi) is 9.81. The summed E-state index contributed by atoms with van der Waals surface area (Å²) >= 11 is 1.68. The van der Waals surface area contributed by atoms with Gasteiger partial charge in [-0.15, -0.1) is 5.47 Å². The summed E-state index contributed by atoms with van der Waals surface area (Å²) in [5.74, 6) is 0. The summed E-state index contributed by atoms with van der Waals surface area (Å²) < 4.78 is 0.895. The van der Waals surface area contributed by atoms with Crippen molar-refractivity contribution >= 4 is 37.4 Å². The molecule has 1 aromatic heterocycles. The lowest BCUT2D eigenvalue weighted by Gasteiger charge is -2.22. The SMILES string of the molecule is CC.CC.[B]C1=CC=C(C2=CC=C(C3=CC=C(c4ccc([B])s4)CC3)CC2)CC1. The second-order valence-electron chi connectivity index (χ2n) is 6.90. The lowest BCUT2D eigenvalue weighted by molar-refractivity contribution is 0.851. The fourth-order valence-corrected chi connectivity index (χ4v) is 4.56. The van der Waals surface area contributed by atoms with Gasteiger partial charge in [0, 0.05) is 4.88 Å². The van der Waals surface area contributed by atoms with Crippen molar-refractivity contribution in [2.24, 2.45) is 0 Å². The van der Waals surface area contributed by atoms with E-state index < -0.39 is 0 Å². The zero-order chi connectivity index (χ0) is 21.2. The Morgan fingerprint density at radius 2 is 0.966 bits per heavy atom. The lowest BCUT2D eigenvalue weighted by Crippen LogP contribution is -2.03. The molecule has 1 aromatic rings. The van der Waals surface area contributed by atoms with Gasteiger partial charge in [0.15, 0.2) is 0 Å². The molecule has 29 heavy (non-hydrogen) atoms. The van der Waals surface area contributed by atoms with Crippen LogP contribution >= 0.6 is 11.3 Å². The molecule has 3 aliphatic carbocycles. The summed E-state index contributed by atoms with van der Waals surface area (Å²) in [4.78, 5) is 1.31. The molecule has 0 aromatic carbocycles. The average molecular weight is 398 g/mol. The Labute approximate surface area is 184 Å². The van der Waals surface area contributed by atoms with Crippen molar-refractivity contribution in [3.63, 3.8) is 0 Å². The summed E-state index contributed by atoms with van der Waals surface area (Å²) in [7, 11) is 11.7. The van der Waals surface area contributed by atoms with Gasteiger partial charge in [-0.25, -0.2) is 0 Å². The Morgan fingerprint density at radius 3 is 1.31 bits per heavy atom. The van der Waals surface area contributed by atoms with E-state index in [0.29, 0.717) is 0 Å². The summed E-state index contributed by atoms with van der Waals surface area (Å²) in [5, 5.41) is 0. The van der Waals surface area contributed by atoms with Crippen LogP contribution in [0.2, 0.25) is 0 Å². The first-order chi connectivity index (χ1) is 14.2. The van der Waals surface area contributed by atoms with Gasteiger partial charge in [0.05, 0.1) is 0 Å². The predicted octanol–water partition coefficient (Wildman–Crippen LogP) is 7.12.